The van der Waals surface area contributed by atoms with Gasteiger partial charge in [-0.2, -0.15) is 0 Å². The van der Waals surface area contributed by atoms with E-state index in [1.807, 2.05) is 29.5 Å². The van der Waals surface area contributed by atoms with E-state index < -0.39 is 39.9 Å². The average molecular weight is 752 g/mol. The van der Waals surface area contributed by atoms with E-state index in [1.165, 1.54) is 23.7 Å². The summed E-state index contributed by atoms with van der Waals surface area (Å²) in [5.74, 6) is -3.59. The van der Waals surface area contributed by atoms with Gasteiger partial charge >= 0.3 is 0 Å². The van der Waals surface area contributed by atoms with Crippen molar-refractivity contribution in [3.05, 3.63) is 115 Å². The largest absolute Gasteiger partial charge is 0.292 e. The van der Waals surface area contributed by atoms with Crippen LogP contribution in [0.5, 0.6) is 0 Å². The van der Waals surface area contributed by atoms with E-state index >= 15 is 8.78 Å². The third-order valence-corrected chi connectivity index (χ3v) is 9.81. The average Bonchev–Trinajstić information content (AvgIpc) is 3.36. The molecule has 0 aliphatic heterocycles. The highest BCUT2D eigenvalue weighted by atomic mass is 127. The highest BCUT2D eigenvalue weighted by Gasteiger charge is 2.29. The van der Waals surface area contributed by atoms with Gasteiger partial charge in [0.2, 0.25) is 5.78 Å². The number of rotatable bonds is 8. The minimum absolute atomic E-state index is 0.0971. The van der Waals surface area contributed by atoms with Gasteiger partial charge in [-0.3, -0.25) is 18.5 Å². The molecule has 0 saturated heterocycles. The quantitative estimate of drug-likeness (QED) is 0.118. The molecule has 2 heterocycles. The summed E-state index contributed by atoms with van der Waals surface area (Å²) in [5, 5.41) is 0.910. The Morgan fingerprint density at radius 2 is 1.74 bits per heavy atom. The molecule has 5 aromatic rings. The third kappa shape index (κ3) is 5.98. The summed E-state index contributed by atoms with van der Waals surface area (Å²) in [6.45, 7) is 1.83. The third-order valence-electron chi connectivity index (χ3n) is 6.78. The molecule has 220 valence electrons. The summed E-state index contributed by atoms with van der Waals surface area (Å²) in [6.07, 6.45) is 3.32. The zero-order valence-corrected chi connectivity index (χ0v) is 27.2. The van der Waals surface area contributed by atoms with Crippen molar-refractivity contribution >= 4 is 85.2 Å². The van der Waals surface area contributed by atoms with Crippen LogP contribution in [0.1, 0.15) is 39.6 Å². The van der Waals surface area contributed by atoms with Crippen molar-refractivity contribution in [2.75, 3.05) is 17.1 Å². The van der Waals surface area contributed by atoms with Crippen LogP contribution in [0.2, 0.25) is 10.0 Å². The number of aromatic nitrogens is 2. The number of carbonyl (C=O) groups is 2. The molecule has 3 aromatic carbocycles. The van der Waals surface area contributed by atoms with Gasteiger partial charge in [0.05, 0.1) is 27.4 Å². The molecule has 0 radical (unpaired) electrons. The fraction of sp³-hybridized carbons (Fsp3) is 0.129. The van der Waals surface area contributed by atoms with Gasteiger partial charge in [0, 0.05) is 44.7 Å². The van der Waals surface area contributed by atoms with Crippen LogP contribution in [-0.2, 0) is 11.0 Å². The van der Waals surface area contributed by atoms with Crippen molar-refractivity contribution in [1.29, 1.82) is 0 Å². The molecule has 2 aromatic heterocycles. The van der Waals surface area contributed by atoms with E-state index in [2.05, 4.69) is 4.98 Å². The molecule has 43 heavy (non-hydrogen) atoms. The van der Waals surface area contributed by atoms with Crippen molar-refractivity contribution < 1.29 is 22.6 Å². The lowest BCUT2D eigenvalue weighted by atomic mass is 10.00. The standard InChI is InChI=1S/C31H22Cl2F2IN3O3S/c1-3-13-43(42)38(2)25-12-11-23(34)27(28(25)35)29(40)21-16-39(31(41)26-22(33)5-4-6-24(26)36)30-20(21)14-18(15-37-30)17-7-9-19(32)10-8-17/h4-12,14-16H,3,13H2,1-2H3. The molecule has 6 nitrogen and oxygen atoms in total. The first-order valence-corrected chi connectivity index (χ1v) is 16.0. The maximum atomic E-state index is 15.9. The molecule has 0 amide bonds. The maximum absolute atomic E-state index is 15.9. The molecule has 0 N–H and O–H groups in total. The van der Waals surface area contributed by atoms with Crippen molar-refractivity contribution in [3.63, 3.8) is 0 Å². The molecule has 0 saturated carbocycles. The number of pyridine rings is 1. The Hall–Kier alpha value is -3.19. The summed E-state index contributed by atoms with van der Waals surface area (Å²) in [7, 11) is -0.185. The van der Waals surface area contributed by atoms with Crippen LogP contribution < -0.4 is 4.31 Å². The minimum atomic E-state index is -1.60. The Kier molecular flexibility index (Phi) is 9.31. The second-order valence-electron chi connectivity index (χ2n) is 9.52. The Balaban J connectivity index is 1.73. The van der Waals surface area contributed by atoms with Gasteiger partial charge in [-0.15, -0.1) is 0 Å². The Morgan fingerprint density at radius 3 is 2.42 bits per heavy atom. The predicted octanol–water partition coefficient (Wildman–Crippen LogP) is 8.32. The van der Waals surface area contributed by atoms with Gasteiger partial charge in [-0.05, 0) is 77.0 Å². The fourth-order valence-corrected chi connectivity index (χ4v) is 6.87. The van der Waals surface area contributed by atoms with Crippen LogP contribution in [0.15, 0.2) is 73.1 Å². The van der Waals surface area contributed by atoms with Gasteiger partial charge in [-0.25, -0.2) is 18.0 Å². The topological polar surface area (TPSA) is 72.3 Å². The summed E-state index contributed by atoms with van der Waals surface area (Å²) in [6, 6.07) is 15.6. The van der Waals surface area contributed by atoms with E-state index in [0.29, 0.717) is 20.6 Å². The second kappa shape index (κ2) is 12.8. The molecule has 0 aliphatic rings. The lowest BCUT2D eigenvalue weighted by Gasteiger charge is -2.19. The Labute approximate surface area is 272 Å². The van der Waals surface area contributed by atoms with Gasteiger partial charge in [-0.1, -0.05) is 48.3 Å². The maximum Gasteiger partial charge on any atom is 0.266 e. The molecule has 5 rings (SSSR count). The van der Waals surface area contributed by atoms with Gasteiger partial charge in [0.25, 0.3) is 5.91 Å². The van der Waals surface area contributed by atoms with Crippen molar-refractivity contribution in [1.82, 2.24) is 9.55 Å². The van der Waals surface area contributed by atoms with E-state index in [1.54, 1.807) is 48.5 Å². The van der Waals surface area contributed by atoms with Crippen LogP contribution in [0.25, 0.3) is 22.2 Å². The monoisotopic (exact) mass is 751 g/mol. The number of benzene rings is 3. The first-order chi connectivity index (χ1) is 20.5. The van der Waals surface area contributed by atoms with Crippen LogP contribution in [-0.4, -0.2) is 38.3 Å². The van der Waals surface area contributed by atoms with Crippen LogP contribution in [0.3, 0.4) is 0 Å². The predicted molar refractivity (Wildman–Crippen MR) is 176 cm³/mol. The number of halogens is 5. The highest BCUT2D eigenvalue weighted by molar-refractivity contribution is 14.1. The van der Waals surface area contributed by atoms with Crippen LogP contribution >= 0.6 is 45.8 Å². The first kappa shape index (κ1) is 31.2. The summed E-state index contributed by atoms with van der Waals surface area (Å²) in [4.78, 5) is 32.3. The molecular weight excluding hydrogens is 730 g/mol. The Bertz CT molecular complexity index is 1910. The van der Waals surface area contributed by atoms with Crippen molar-refractivity contribution in [3.8, 4) is 11.1 Å². The van der Waals surface area contributed by atoms with E-state index in [-0.39, 0.29) is 38.6 Å². The number of hydrogen-bond donors (Lipinski definition) is 0. The minimum Gasteiger partial charge on any atom is -0.292 e. The Morgan fingerprint density at radius 1 is 1.02 bits per heavy atom. The van der Waals surface area contributed by atoms with Crippen LogP contribution in [0.4, 0.5) is 14.5 Å². The molecule has 1 atom stereocenters. The fourth-order valence-electron chi connectivity index (χ4n) is 4.61. The molecule has 0 bridgehead atoms. The molecule has 0 spiro atoms. The number of carbonyl (C=O) groups excluding carboxylic acids is 2. The molecule has 0 fully saturated rings. The van der Waals surface area contributed by atoms with Gasteiger partial charge < -0.3 is 0 Å². The van der Waals surface area contributed by atoms with Crippen molar-refractivity contribution in [2.24, 2.45) is 0 Å². The number of nitrogens with zero attached hydrogens (tertiary/aromatic N) is 3. The molecule has 0 aliphatic carbocycles. The smallest absolute Gasteiger partial charge is 0.266 e. The summed E-state index contributed by atoms with van der Waals surface area (Å²) >= 11 is 14.4. The molecule has 1 unspecified atom stereocenters. The summed E-state index contributed by atoms with van der Waals surface area (Å²) < 4.78 is 46.6. The van der Waals surface area contributed by atoms with Crippen LogP contribution in [0, 0.1) is 15.2 Å². The normalized spacial score (nSPS) is 12.0. The zero-order valence-electron chi connectivity index (χ0n) is 22.7. The SMILES string of the molecule is CCCS(=O)N(C)c1ccc(F)c(C(=O)c2cn(C(=O)c3c(Cl)cccc3I)c3ncc(-c4ccc(Cl)cc4)cc23)c1F. The number of ketones is 1. The highest BCUT2D eigenvalue weighted by Crippen LogP contribution is 2.33. The number of anilines is 1. The van der Waals surface area contributed by atoms with Crippen molar-refractivity contribution in [2.45, 2.75) is 13.3 Å². The van der Waals surface area contributed by atoms with E-state index in [0.717, 1.165) is 22.3 Å². The lowest BCUT2D eigenvalue weighted by Crippen LogP contribution is -2.24. The zero-order chi connectivity index (χ0) is 31.0. The lowest BCUT2D eigenvalue weighted by molar-refractivity contribution is 0.0963. The molecular formula is C31H22Cl2F2IN3O3S. The number of fused-ring (bicyclic) bond motifs is 1. The number of hydrogen-bond acceptors (Lipinski definition) is 4. The van der Waals surface area contributed by atoms with Gasteiger partial charge in [0.1, 0.15) is 22.5 Å². The molecule has 12 heteroatoms. The second-order valence-corrected chi connectivity index (χ2v) is 13.1. The van der Waals surface area contributed by atoms with E-state index in [9.17, 15) is 13.8 Å². The summed E-state index contributed by atoms with van der Waals surface area (Å²) in [5.41, 5.74) is 0.400. The van der Waals surface area contributed by atoms with E-state index in [4.69, 9.17) is 23.2 Å². The first-order valence-electron chi connectivity index (χ1n) is 12.9. The van der Waals surface area contributed by atoms with Gasteiger partial charge in [0.15, 0.2) is 5.82 Å².